The summed E-state index contributed by atoms with van der Waals surface area (Å²) in [7, 11) is 3.30. The van der Waals surface area contributed by atoms with Gasteiger partial charge in [-0.05, 0) is 30.3 Å². The highest BCUT2D eigenvalue weighted by atomic mass is 32.1. The van der Waals surface area contributed by atoms with E-state index in [4.69, 9.17) is 14.5 Å². The van der Waals surface area contributed by atoms with Crippen LogP contribution in [-0.2, 0) is 11.3 Å². The molecule has 0 atom stereocenters. The van der Waals surface area contributed by atoms with Crippen LogP contribution in [-0.4, -0.2) is 36.3 Å². The van der Waals surface area contributed by atoms with Crippen molar-refractivity contribution in [2.75, 3.05) is 20.8 Å². The van der Waals surface area contributed by atoms with Gasteiger partial charge in [-0.25, -0.2) is 4.98 Å². The number of benzene rings is 3. The topological polar surface area (TPSA) is 65.7 Å². The van der Waals surface area contributed by atoms with Crippen LogP contribution < -0.4 is 9.54 Å². The number of fused-ring (bicyclic) bond motifs is 2. The number of hydrogen-bond acceptors (Lipinski definition) is 5. The first-order valence-electron chi connectivity index (χ1n) is 10.9. The van der Waals surface area contributed by atoms with Gasteiger partial charge in [-0.3, -0.25) is 4.79 Å². The Morgan fingerprint density at radius 2 is 1.79 bits per heavy atom. The molecular weight excluding hydrogens is 446 g/mol. The Bertz CT molecular complexity index is 1550. The molecule has 2 heterocycles. The Morgan fingerprint density at radius 1 is 1.00 bits per heavy atom. The number of ether oxygens (including phenoxy) is 2. The van der Waals surface area contributed by atoms with E-state index >= 15 is 0 Å². The lowest BCUT2D eigenvalue weighted by Gasteiger charge is -2.08. The Balaban J connectivity index is 1.68. The lowest BCUT2D eigenvalue weighted by atomic mass is 10.0. The van der Waals surface area contributed by atoms with E-state index in [9.17, 15) is 4.79 Å². The molecule has 0 saturated heterocycles. The standard InChI is InChI=1S/C27H23N3O3S/c1-32-15-14-30-24-13-12-19(33-2)16-25(24)34-27(30)29-26(31)21-17-23(18-8-4-3-5-9-18)28-22-11-7-6-10-20(21)22/h3-13,16-17H,14-15H2,1-2H3. The molecule has 0 saturated carbocycles. The number of rotatable bonds is 6. The minimum Gasteiger partial charge on any atom is -0.497 e. The highest BCUT2D eigenvalue weighted by Gasteiger charge is 2.15. The normalized spacial score (nSPS) is 11.9. The van der Waals surface area contributed by atoms with Crippen LogP contribution >= 0.6 is 11.3 Å². The summed E-state index contributed by atoms with van der Waals surface area (Å²) >= 11 is 1.46. The molecule has 0 fully saturated rings. The van der Waals surface area contributed by atoms with Crippen LogP contribution in [0.25, 0.3) is 32.4 Å². The summed E-state index contributed by atoms with van der Waals surface area (Å²) in [5.41, 5.74) is 3.96. The van der Waals surface area contributed by atoms with Crippen molar-refractivity contribution in [3.8, 4) is 17.0 Å². The molecule has 34 heavy (non-hydrogen) atoms. The van der Waals surface area contributed by atoms with Crippen LogP contribution in [0.5, 0.6) is 5.75 Å². The Kier molecular flexibility index (Phi) is 6.20. The molecule has 2 aromatic heterocycles. The molecule has 0 aliphatic carbocycles. The number of carbonyl (C=O) groups is 1. The number of hydrogen-bond donors (Lipinski definition) is 0. The van der Waals surface area contributed by atoms with E-state index in [1.807, 2.05) is 83.4 Å². The van der Waals surface area contributed by atoms with Crippen molar-refractivity contribution in [3.05, 3.63) is 89.2 Å². The summed E-state index contributed by atoms with van der Waals surface area (Å²) in [6, 6.07) is 25.2. The average molecular weight is 470 g/mol. The molecule has 170 valence electrons. The van der Waals surface area contributed by atoms with Crippen LogP contribution in [0.1, 0.15) is 10.4 Å². The lowest BCUT2D eigenvalue weighted by molar-refractivity contribution is 0.0999. The summed E-state index contributed by atoms with van der Waals surface area (Å²) in [6.45, 7) is 1.09. The predicted octanol–water partition coefficient (Wildman–Crippen LogP) is 5.31. The summed E-state index contributed by atoms with van der Waals surface area (Å²) < 4.78 is 13.7. The second-order valence-corrected chi connectivity index (χ2v) is 8.73. The van der Waals surface area contributed by atoms with Crippen LogP contribution in [0.15, 0.2) is 83.9 Å². The van der Waals surface area contributed by atoms with Gasteiger partial charge >= 0.3 is 0 Å². The minimum absolute atomic E-state index is 0.305. The van der Waals surface area contributed by atoms with Crippen LogP contribution in [0.3, 0.4) is 0 Å². The highest BCUT2D eigenvalue weighted by Crippen LogP contribution is 2.26. The van der Waals surface area contributed by atoms with E-state index in [1.54, 1.807) is 14.2 Å². The van der Waals surface area contributed by atoms with E-state index in [2.05, 4.69) is 4.99 Å². The van der Waals surface area contributed by atoms with Gasteiger partial charge in [-0.1, -0.05) is 59.9 Å². The maximum atomic E-state index is 13.6. The average Bonchev–Trinajstić information content (AvgIpc) is 3.22. The van der Waals surface area contributed by atoms with Gasteiger partial charge in [-0.2, -0.15) is 4.99 Å². The SMILES string of the molecule is COCCn1c(=NC(=O)c2cc(-c3ccccc3)nc3ccccc23)sc2cc(OC)ccc21. The summed E-state index contributed by atoms with van der Waals surface area (Å²) in [5, 5.41) is 0.780. The smallest absolute Gasteiger partial charge is 0.280 e. The Morgan fingerprint density at radius 3 is 2.59 bits per heavy atom. The van der Waals surface area contributed by atoms with Gasteiger partial charge in [0.05, 0.1) is 40.7 Å². The van der Waals surface area contributed by atoms with Crippen molar-refractivity contribution in [3.63, 3.8) is 0 Å². The lowest BCUT2D eigenvalue weighted by Crippen LogP contribution is -2.19. The molecule has 3 aromatic carbocycles. The van der Waals surface area contributed by atoms with Gasteiger partial charge in [0.2, 0.25) is 0 Å². The predicted molar refractivity (Wildman–Crippen MR) is 135 cm³/mol. The number of aromatic nitrogens is 2. The van der Waals surface area contributed by atoms with Crippen molar-refractivity contribution in [1.29, 1.82) is 0 Å². The zero-order valence-electron chi connectivity index (χ0n) is 18.9. The van der Waals surface area contributed by atoms with Crippen molar-refractivity contribution < 1.29 is 14.3 Å². The van der Waals surface area contributed by atoms with E-state index in [0.717, 1.165) is 38.1 Å². The molecular formula is C27H23N3O3S. The van der Waals surface area contributed by atoms with Gasteiger partial charge in [0.15, 0.2) is 4.80 Å². The molecule has 1 amide bonds. The largest absolute Gasteiger partial charge is 0.497 e. The van der Waals surface area contributed by atoms with Crippen molar-refractivity contribution in [2.24, 2.45) is 4.99 Å². The first-order valence-corrected chi connectivity index (χ1v) is 11.7. The molecule has 0 aliphatic heterocycles. The third kappa shape index (κ3) is 4.23. The fourth-order valence-electron chi connectivity index (χ4n) is 3.92. The Labute approximate surface area is 200 Å². The van der Waals surface area contributed by atoms with Crippen LogP contribution in [0, 0.1) is 0 Å². The van der Waals surface area contributed by atoms with E-state index < -0.39 is 0 Å². The fraction of sp³-hybridized carbons (Fsp3) is 0.148. The van der Waals surface area contributed by atoms with Gasteiger partial charge in [0.25, 0.3) is 5.91 Å². The van der Waals surface area contributed by atoms with Crippen LogP contribution in [0.4, 0.5) is 0 Å². The monoisotopic (exact) mass is 469 g/mol. The molecule has 0 radical (unpaired) electrons. The van der Waals surface area contributed by atoms with Gasteiger partial charge in [0, 0.05) is 24.6 Å². The number of methoxy groups -OCH3 is 2. The fourth-order valence-corrected chi connectivity index (χ4v) is 5.00. The number of thiazole rings is 1. The zero-order valence-corrected chi connectivity index (χ0v) is 19.7. The number of nitrogens with zero attached hydrogens (tertiary/aromatic N) is 3. The van der Waals surface area contributed by atoms with E-state index in [1.165, 1.54) is 11.3 Å². The molecule has 6 nitrogen and oxygen atoms in total. The van der Waals surface area contributed by atoms with Crippen molar-refractivity contribution >= 4 is 38.4 Å². The van der Waals surface area contributed by atoms with Crippen molar-refractivity contribution in [2.45, 2.75) is 6.54 Å². The third-order valence-corrected chi connectivity index (χ3v) is 6.66. The minimum atomic E-state index is -0.305. The molecule has 7 heteroatoms. The molecule has 0 spiro atoms. The first-order chi connectivity index (χ1) is 16.7. The Hall–Kier alpha value is -3.81. The first kappa shape index (κ1) is 22.0. The van der Waals surface area contributed by atoms with Crippen molar-refractivity contribution in [1.82, 2.24) is 9.55 Å². The molecule has 5 aromatic rings. The molecule has 0 aliphatic rings. The molecule has 0 bridgehead atoms. The van der Waals surface area contributed by atoms with Gasteiger partial charge in [0.1, 0.15) is 5.75 Å². The van der Waals surface area contributed by atoms with Crippen LogP contribution in [0.2, 0.25) is 0 Å². The maximum Gasteiger partial charge on any atom is 0.280 e. The summed E-state index contributed by atoms with van der Waals surface area (Å²) in [4.78, 5) is 23.6. The molecule has 0 unspecified atom stereocenters. The highest BCUT2D eigenvalue weighted by molar-refractivity contribution is 7.16. The summed E-state index contributed by atoms with van der Waals surface area (Å²) in [6.07, 6.45) is 0. The molecule has 0 N–H and O–H groups in total. The quantitative estimate of drug-likeness (QED) is 0.338. The summed E-state index contributed by atoms with van der Waals surface area (Å²) in [5.74, 6) is 0.457. The zero-order chi connectivity index (χ0) is 23.5. The van der Waals surface area contributed by atoms with Gasteiger partial charge < -0.3 is 14.0 Å². The number of para-hydroxylation sites is 1. The van der Waals surface area contributed by atoms with E-state index in [0.29, 0.717) is 23.5 Å². The van der Waals surface area contributed by atoms with E-state index in [-0.39, 0.29) is 5.91 Å². The number of amides is 1. The van der Waals surface area contributed by atoms with Gasteiger partial charge in [-0.15, -0.1) is 0 Å². The second-order valence-electron chi connectivity index (χ2n) is 7.72. The maximum absolute atomic E-state index is 13.6. The second kappa shape index (κ2) is 9.59. The third-order valence-electron chi connectivity index (χ3n) is 5.62. The molecule has 5 rings (SSSR count). The number of carbonyl (C=O) groups excluding carboxylic acids is 1. The number of pyridine rings is 1.